The molecule has 118 valence electrons. The zero-order valence-corrected chi connectivity index (χ0v) is 15.3. The Bertz CT molecular complexity index is 841. The predicted molar refractivity (Wildman–Crippen MR) is 96.0 cm³/mol. The van der Waals surface area contributed by atoms with Crippen LogP contribution in [0.15, 0.2) is 52.6 Å². The molecule has 3 rings (SSSR count). The van der Waals surface area contributed by atoms with Crippen LogP contribution in [-0.2, 0) is 0 Å². The maximum Gasteiger partial charge on any atom is 0.138 e. The van der Waals surface area contributed by atoms with Crippen molar-refractivity contribution in [3.63, 3.8) is 0 Å². The first kappa shape index (κ1) is 17.0. The fourth-order valence-corrected chi connectivity index (χ4v) is 4.74. The van der Waals surface area contributed by atoms with Crippen molar-refractivity contribution >= 4 is 57.9 Å². The normalized spacial score (nSPS) is 12.3. The second-order valence-corrected chi connectivity index (χ2v) is 8.11. The predicted octanol–water partition coefficient (Wildman–Crippen LogP) is 5.73. The quantitative estimate of drug-likeness (QED) is 0.565. The van der Waals surface area contributed by atoms with Gasteiger partial charge in [0.1, 0.15) is 21.9 Å². The summed E-state index contributed by atoms with van der Waals surface area (Å²) in [6.45, 7) is 0. The van der Waals surface area contributed by atoms with Crippen LogP contribution in [0.5, 0.6) is 0 Å². The summed E-state index contributed by atoms with van der Waals surface area (Å²) in [6, 6.07) is 9.34. The van der Waals surface area contributed by atoms with Crippen molar-refractivity contribution in [3.05, 3.63) is 67.8 Å². The van der Waals surface area contributed by atoms with Gasteiger partial charge in [-0.25, -0.2) is 9.97 Å². The van der Waals surface area contributed by atoms with E-state index in [1.807, 2.05) is 30.3 Å². The van der Waals surface area contributed by atoms with E-state index in [4.69, 9.17) is 34.8 Å². The summed E-state index contributed by atoms with van der Waals surface area (Å²) < 4.78 is 0.594. The number of halogens is 3. The van der Waals surface area contributed by atoms with Crippen molar-refractivity contribution in [2.24, 2.45) is 0 Å². The van der Waals surface area contributed by atoms with E-state index in [0.29, 0.717) is 19.8 Å². The highest BCUT2D eigenvalue weighted by Crippen LogP contribution is 2.42. The fraction of sp³-hybridized carbons (Fsp3) is 0.0667. The summed E-state index contributed by atoms with van der Waals surface area (Å²) in [7, 11) is 0. The summed E-state index contributed by atoms with van der Waals surface area (Å²) in [6.07, 6.45) is 1.91. The van der Waals surface area contributed by atoms with Crippen molar-refractivity contribution in [3.8, 4) is 0 Å². The Kier molecular flexibility index (Phi) is 5.46. The van der Waals surface area contributed by atoms with Crippen molar-refractivity contribution in [1.29, 1.82) is 0 Å². The molecule has 0 saturated carbocycles. The fourth-order valence-electron chi connectivity index (χ4n) is 1.89. The molecular formula is C15H9Cl3N2OS2. The van der Waals surface area contributed by atoms with Crippen molar-refractivity contribution < 1.29 is 5.11 Å². The highest BCUT2D eigenvalue weighted by Gasteiger charge is 2.20. The van der Waals surface area contributed by atoms with E-state index in [0.717, 1.165) is 9.79 Å². The summed E-state index contributed by atoms with van der Waals surface area (Å²) in [5, 5.41) is 11.4. The van der Waals surface area contributed by atoms with Crippen LogP contribution in [0.4, 0.5) is 0 Å². The van der Waals surface area contributed by atoms with Crippen LogP contribution >= 0.6 is 57.9 Å². The number of aliphatic hydroxyl groups is 1. The van der Waals surface area contributed by atoms with Crippen LogP contribution in [0.3, 0.4) is 0 Å². The molecule has 3 nitrogen and oxygen atoms in total. The van der Waals surface area contributed by atoms with Crippen molar-refractivity contribution in [2.45, 2.75) is 15.9 Å². The van der Waals surface area contributed by atoms with Crippen LogP contribution < -0.4 is 0 Å². The van der Waals surface area contributed by atoms with Gasteiger partial charge in [-0.05, 0) is 24.3 Å². The lowest BCUT2D eigenvalue weighted by molar-refractivity contribution is 0.223. The standard InChI is InChI=1S/C15H9Cl3N2OS2/c16-8-2-1-3-9(4-8)22-12-5-11(23-15(12)18)13(21)10-6-19-7-20-14(10)17/h1-7,13,21H. The SMILES string of the molecule is OC(c1cc(Sc2cccc(Cl)c2)c(Cl)s1)c1cncnc1Cl. The highest BCUT2D eigenvalue weighted by molar-refractivity contribution is 7.99. The molecule has 0 amide bonds. The van der Waals surface area contributed by atoms with Gasteiger partial charge in [0.15, 0.2) is 0 Å². The molecule has 1 unspecified atom stereocenters. The number of nitrogens with zero attached hydrogens (tertiary/aromatic N) is 2. The average Bonchev–Trinajstić information content (AvgIpc) is 2.88. The second kappa shape index (κ2) is 7.38. The van der Waals surface area contributed by atoms with Gasteiger partial charge in [-0.3, -0.25) is 0 Å². The third-order valence-corrected chi connectivity index (χ3v) is 6.19. The Labute approximate surface area is 156 Å². The number of hydrogen-bond acceptors (Lipinski definition) is 5. The number of hydrogen-bond donors (Lipinski definition) is 1. The number of thiophene rings is 1. The molecule has 2 aromatic heterocycles. The van der Waals surface area contributed by atoms with E-state index in [2.05, 4.69) is 9.97 Å². The topological polar surface area (TPSA) is 46.0 Å². The lowest BCUT2D eigenvalue weighted by Gasteiger charge is -2.08. The number of benzene rings is 1. The third-order valence-electron chi connectivity index (χ3n) is 2.95. The van der Waals surface area contributed by atoms with Gasteiger partial charge in [0, 0.05) is 31.5 Å². The Morgan fingerprint density at radius 1 is 1.17 bits per heavy atom. The minimum absolute atomic E-state index is 0.223. The van der Waals surface area contributed by atoms with Gasteiger partial charge in [0.2, 0.25) is 0 Å². The van der Waals surface area contributed by atoms with Gasteiger partial charge in [-0.15, -0.1) is 11.3 Å². The summed E-state index contributed by atoms with van der Waals surface area (Å²) in [5.74, 6) is 0. The van der Waals surface area contributed by atoms with E-state index in [1.54, 1.807) is 0 Å². The van der Waals surface area contributed by atoms with Gasteiger partial charge in [-0.1, -0.05) is 52.6 Å². The second-order valence-electron chi connectivity index (χ2n) is 4.52. The Hall–Kier alpha value is -0.820. The molecule has 0 fully saturated rings. The van der Waals surface area contributed by atoms with Crippen molar-refractivity contribution in [2.75, 3.05) is 0 Å². The Morgan fingerprint density at radius 3 is 2.74 bits per heavy atom. The third kappa shape index (κ3) is 3.99. The monoisotopic (exact) mass is 402 g/mol. The van der Waals surface area contributed by atoms with Crippen LogP contribution in [0.2, 0.25) is 14.5 Å². The highest BCUT2D eigenvalue weighted by atomic mass is 35.5. The molecule has 0 spiro atoms. The summed E-state index contributed by atoms with van der Waals surface area (Å²) >= 11 is 21.1. The minimum atomic E-state index is -0.917. The Balaban J connectivity index is 1.87. The van der Waals surface area contributed by atoms with Gasteiger partial charge in [0.05, 0.1) is 0 Å². The first-order valence-electron chi connectivity index (χ1n) is 6.40. The molecule has 0 aliphatic carbocycles. The minimum Gasteiger partial charge on any atom is -0.383 e. The largest absolute Gasteiger partial charge is 0.383 e. The molecule has 0 aliphatic heterocycles. The van der Waals surface area contributed by atoms with E-state index < -0.39 is 6.10 Å². The van der Waals surface area contributed by atoms with E-state index in [9.17, 15) is 5.11 Å². The number of rotatable bonds is 4. The zero-order valence-electron chi connectivity index (χ0n) is 11.4. The molecule has 8 heteroatoms. The van der Waals surface area contributed by atoms with Crippen LogP contribution in [-0.4, -0.2) is 15.1 Å². The summed E-state index contributed by atoms with van der Waals surface area (Å²) in [4.78, 5) is 10.3. The Morgan fingerprint density at radius 2 is 2.00 bits per heavy atom. The zero-order chi connectivity index (χ0) is 16.4. The van der Waals surface area contributed by atoms with Crippen molar-refractivity contribution in [1.82, 2.24) is 9.97 Å². The first-order valence-corrected chi connectivity index (χ1v) is 9.17. The van der Waals surface area contributed by atoms with E-state index in [1.165, 1.54) is 35.6 Å². The first-order chi connectivity index (χ1) is 11.0. The maximum absolute atomic E-state index is 10.5. The molecule has 23 heavy (non-hydrogen) atoms. The van der Waals surface area contributed by atoms with Gasteiger partial charge < -0.3 is 5.11 Å². The van der Waals surface area contributed by atoms with Crippen LogP contribution in [0.25, 0.3) is 0 Å². The van der Waals surface area contributed by atoms with Crippen LogP contribution in [0, 0.1) is 0 Å². The molecule has 1 N–H and O–H groups in total. The molecule has 0 saturated heterocycles. The smallest absolute Gasteiger partial charge is 0.138 e. The van der Waals surface area contributed by atoms with E-state index in [-0.39, 0.29) is 5.15 Å². The van der Waals surface area contributed by atoms with Gasteiger partial charge in [0.25, 0.3) is 0 Å². The molecule has 1 aromatic carbocycles. The lowest BCUT2D eigenvalue weighted by atomic mass is 10.2. The molecule has 0 radical (unpaired) electrons. The summed E-state index contributed by atoms with van der Waals surface area (Å²) in [5.41, 5.74) is 0.450. The number of aromatic nitrogens is 2. The van der Waals surface area contributed by atoms with Gasteiger partial charge in [-0.2, -0.15) is 0 Å². The van der Waals surface area contributed by atoms with Crippen LogP contribution in [0.1, 0.15) is 16.5 Å². The van der Waals surface area contributed by atoms with E-state index >= 15 is 0 Å². The average molecular weight is 404 g/mol. The number of aliphatic hydroxyl groups excluding tert-OH is 1. The molecule has 0 bridgehead atoms. The molecule has 3 aromatic rings. The molecular weight excluding hydrogens is 395 g/mol. The maximum atomic E-state index is 10.5. The molecule has 0 aliphatic rings. The van der Waals surface area contributed by atoms with Gasteiger partial charge >= 0.3 is 0 Å². The molecule has 1 atom stereocenters. The lowest BCUT2D eigenvalue weighted by Crippen LogP contribution is -2.00. The molecule has 2 heterocycles.